The highest BCUT2D eigenvalue weighted by atomic mass is 19.1. The Bertz CT molecular complexity index is 806. The molecule has 2 aromatic carbocycles. The molecular formula is C17H14F2N2O3. The summed E-state index contributed by atoms with van der Waals surface area (Å²) in [5.74, 6) is -1.94. The van der Waals surface area contributed by atoms with Gasteiger partial charge in [-0.15, -0.1) is 0 Å². The Kier molecular flexibility index (Phi) is 5.36. The second kappa shape index (κ2) is 7.45. The lowest BCUT2D eigenvalue weighted by molar-refractivity contribution is -0.384. The molecule has 0 saturated carbocycles. The first kappa shape index (κ1) is 17.3. The van der Waals surface area contributed by atoms with E-state index in [9.17, 15) is 23.7 Å². The SMILES string of the molecule is C[C@@H](NC(=O)/C=C/c1cccc([N+](=O)[O-])c1)c1ccc(F)cc1F. The Morgan fingerprint density at radius 2 is 2.00 bits per heavy atom. The molecule has 0 saturated heterocycles. The lowest BCUT2D eigenvalue weighted by Crippen LogP contribution is -2.25. The van der Waals surface area contributed by atoms with Crippen LogP contribution in [0.25, 0.3) is 6.08 Å². The number of non-ortho nitro benzene ring substituents is 1. The Labute approximate surface area is 136 Å². The van der Waals surface area contributed by atoms with E-state index in [4.69, 9.17) is 0 Å². The summed E-state index contributed by atoms with van der Waals surface area (Å²) in [7, 11) is 0. The second-order valence-corrected chi connectivity index (χ2v) is 5.08. The first-order valence-electron chi connectivity index (χ1n) is 7.05. The maximum absolute atomic E-state index is 13.6. The van der Waals surface area contributed by atoms with Gasteiger partial charge >= 0.3 is 0 Å². The van der Waals surface area contributed by atoms with Crippen molar-refractivity contribution in [1.29, 1.82) is 0 Å². The number of halogens is 2. The second-order valence-electron chi connectivity index (χ2n) is 5.08. The van der Waals surface area contributed by atoms with E-state index >= 15 is 0 Å². The Hall–Kier alpha value is -3.09. The highest BCUT2D eigenvalue weighted by Crippen LogP contribution is 2.18. The molecule has 0 unspecified atom stereocenters. The van der Waals surface area contributed by atoms with E-state index in [1.807, 2.05) is 0 Å². The van der Waals surface area contributed by atoms with Crippen LogP contribution in [-0.2, 0) is 4.79 Å². The van der Waals surface area contributed by atoms with Gasteiger partial charge in [0.1, 0.15) is 11.6 Å². The van der Waals surface area contributed by atoms with Gasteiger partial charge in [0.2, 0.25) is 5.91 Å². The van der Waals surface area contributed by atoms with E-state index in [2.05, 4.69) is 5.32 Å². The molecule has 2 rings (SSSR count). The van der Waals surface area contributed by atoms with Crippen LogP contribution in [0, 0.1) is 21.7 Å². The predicted molar refractivity (Wildman–Crippen MR) is 85.0 cm³/mol. The Balaban J connectivity index is 2.04. The molecule has 0 heterocycles. The van der Waals surface area contributed by atoms with E-state index in [-0.39, 0.29) is 11.3 Å². The minimum Gasteiger partial charge on any atom is -0.346 e. The van der Waals surface area contributed by atoms with E-state index in [1.54, 1.807) is 13.0 Å². The first-order valence-corrected chi connectivity index (χ1v) is 7.05. The number of nitro groups is 1. The number of hydrogen-bond acceptors (Lipinski definition) is 3. The third-order valence-corrected chi connectivity index (χ3v) is 3.30. The molecular weight excluding hydrogens is 318 g/mol. The molecule has 124 valence electrons. The molecule has 0 bridgehead atoms. The topological polar surface area (TPSA) is 72.2 Å². The minimum absolute atomic E-state index is 0.0840. The van der Waals surface area contributed by atoms with Gasteiger partial charge in [-0.05, 0) is 24.6 Å². The molecule has 7 heteroatoms. The van der Waals surface area contributed by atoms with Crippen LogP contribution in [0.3, 0.4) is 0 Å². The fourth-order valence-electron chi connectivity index (χ4n) is 2.11. The molecule has 0 aliphatic heterocycles. The number of nitrogens with zero attached hydrogens (tertiary/aromatic N) is 1. The average Bonchev–Trinajstić information content (AvgIpc) is 2.53. The van der Waals surface area contributed by atoms with Gasteiger partial charge in [0.25, 0.3) is 5.69 Å². The van der Waals surface area contributed by atoms with Crippen LogP contribution in [0.15, 0.2) is 48.5 Å². The lowest BCUT2D eigenvalue weighted by Gasteiger charge is -2.13. The average molecular weight is 332 g/mol. The van der Waals surface area contributed by atoms with E-state index < -0.39 is 28.5 Å². The fraction of sp³-hybridized carbons (Fsp3) is 0.118. The van der Waals surface area contributed by atoms with Crippen molar-refractivity contribution in [3.05, 3.63) is 81.4 Å². The minimum atomic E-state index is -0.745. The summed E-state index contributed by atoms with van der Waals surface area (Å²) in [6.45, 7) is 1.56. The van der Waals surface area contributed by atoms with Crippen molar-refractivity contribution in [2.45, 2.75) is 13.0 Å². The van der Waals surface area contributed by atoms with Crippen molar-refractivity contribution in [3.63, 3.8) is 0 Å². The maximum atomic E-state index is 13.6. The molecule has 0 spiro atoms. The summed E-state index contributed by atoms with van der Waals surface area (Å²) >= 11 is 0. The molecule has 0 aromatic heterocycles. The molecule has 0 radical (unpaired) electrons. The van der Waals surface area contributed by atoms with E-state index in [1.165, 1.54) is 36.4 Å². The number of rotatable bonds is 5. The van der Waals surface area contributed by atoms with Crippen LogP contribution < -0.4 is 5.32 Å². The zero-order valence-electron chi connectivity index (χ0n) is 12.7. The van der Waals surface area contributed by atoms with Crippen LogP contribution in [0.5, 0.6) is 0 Å². The van der Waals surface area contributed by atoms with Crippen molar-refractivity contribution in [3.8, 4) is 0 Å². The Morgan fingerprint density at radius 3 is 2.67 bits per heavy atom. The summed E-state index contributed by atoms with van der Waals surface area (Å²) in [5, 5.41) is 13.2. The van der Waals surface area contributed by atoms with Crippen molar-refractivity contribution >= 4 is 17.7 Å². The number of hydrogen-bond donors (Lipinski definition) is 1. The molecule has 1 amide bonds. The lowest BCUT2D eigenvalue weighted by atomic mass is 10.1. The standard InChI is InChI=1S/C17H14F2N2O3/c1-11(15-7-6-13(18)10-16(15)19)20-17(22)8-5-12-3-2-4-14(9-12)21(23)24/h2-11H,1H3,(H,20,22)/b8-5+/t11-/m1/s1. The van der Waals surface area contributed by atoms with Crippen LogP contribution in [0.2, 0.25) is 0 Å². The molecule has 1 N–H and O–H groups in total. The Morgan fingerprint density at radius 1 is 1.25 bits per heavy atom. The van der Waals surface area contributed by atoms with E-state index in [0.29, 0.717) is 5.56 Å². The predicted octanol–water partition coefficient (Wildman–Crippen LogP) is 3.76. The summed E-state index contributed by atoms with van der Waals surface area (Å²) in [5.41, 5.74) is 0.563. The highest BCUT2D eigenvalue weighted by Gasteiger charge is 2.13. The molecule has 5 nitrogen and oxygen atoms in total. The molecule has 0 aliphatic rings. The van der Waals surface area contributed by atoms with Gasteiger partial charge in [-0.2, -0.15) is 0 Å². The van der Waals surface area contributed by atoms with Crippen molar-refractivity contribution in [2.24, 2.45) is 0 Å². The smallest absolute Gasteiger partial charge is 0.270 e. The summed E-state index contributed by atoms with van der Waals surface area (Å²) < 4.78 is 26.5. The molecule has 2 aromatic rings. The summed E-state index contributed by atoms with van der Waals surface area (Å²) in [6.07, 6.45) is 2.60. The third kappa shape index (κ3) is 4.45. The number of amides is 1. The molecule has 24 heavy (non-hydrogen) atoms. The maximum Gasteiger partial charge on any atom is 0.270 e. The quantitative estimate of drug-likeness (QED) is 0.515. The molecule has 0 fully saturated rings. The number of benzene rings is 2. The van der Waals surface area contributed by atoms with Gasteiger partial charge in [0.15, 0.2) is 0 Å². The van der Waals surface area contributed by atoms with Crippen LogP contribution in [-0.4, -0.2) is 10.8 Å². The third-order valence-electron chi connectivity index (χ3n) is 3.30. The van der Waals surface area contributed by atoms with E-state index in [0.717, 1.165) is 12.1 Å². The molecule has 1 atom stereocenters. The summed E-state index contributed by atoms with van der Waals surface area (Å²) in [4.78, 5) is 22.0. The van der Waals surface area contributed by atoms with Gasteiger partial charge in [0.05, 0.1) is 11.0 Å². The number of nitro benzene ring substituents is 1. The van der Waals surface area contributed by atoms with Gasteiger partial charge < -0.3 is 5.32 Å². The van der Waals surface area contributed by atoms with Crippen molar-refractivity contribution in [1.82, 2.24) is 5.32 Å². The zero-order chi connectivity index (χ0) is 17.7. The first-order chi connectivity index (χ1) is 11.4. The normalized spacial score (nSPS) is 12.1. The van der Waals surface area contributed by atoms with Crippen LogP contribution in [0.4, 0.5) is 14.5 Å². The molecule has 0 aliphatic carbocycles. The van der Waals surface area contributed by atoms with Gasteiger partial charge in [-0.25, -0.2) is 8.78 Å². The fourth-order valence-corrected chi connectivity index (χ4v) is 2.11. The van der Waals surface area contributed by atoms with Gasteiger partial charge in [-0.3, -0.25) is 14.9 Å². The number of carbonyl (C=O) groups is 1. The van der Waals surface area contributed by atoms with Crippen LogP contribution >= 0.6 is 0 Å². The largest absolute Gasteiger partial charge is 0.346 e. The van der Waals surface area contributed by atoms with Crippen LogP contribution in [0.1, 0.15) is 24.1 Å². The van der Waals surface area contributed by atoms with Crippen molar-refractivity contribution in [2.75, 3.05) is 0 Å². The van der Waals surface area contributed by atoms with Gasteiger partial charge in [-0.1, -0.05) is 18.2 Å². The summed E-state index contributed by atoms with van der Waals surface area (Å²) in [6, 6.07) is 8.25. The zero-order valence-corrected chi connectivity index (χ0v) is 12.7. The number of carbonyl (C=O) groups excluding carboxylic acids is 1. The number of nitrogens with one attached hydrogen (secondary N) is 1. The monoisotopic (exact) mass is 332 g/mol. The highest BCUT2D eigenvalue weighted by molar-refractivity contribution is 5.92. The van der Waals surface area contributed by atoms with Gasteiger partial charge in [0, 0.05) is 29.8 Å². The van der Waals surface area contributed by atoms with Crippen molar-refractivity contribution < 1.29 is 18.5 Å².